The van der Waals surface area contributed by atoms with E-state index in [1.165, 1.54) is 0 Å². The van der Waals surface area contributed by atoms with Gasteiger partial charge in [-0.05, 0) is 53.2 Å². The highest BCUT2D eigenvalue weighted by Crippen LogP contribution is 2.27. The van der Waals surface area contributed by atoms with Crippen LogP contribution in [0.5, 0.6) is 0 Å². The van der Waals surface area contributed by atoms with Crippen molar-refractivity contribution in [2.75, 3.05) is 27.2 Å². The normalized spacial score (nSPS) is 12.2. The largest absolute Gasteiger partial charge is 0.465 e. The fourth-order valence-corrected chi connectivity index (χ4v) is 1.12. The first-order valence-electron chi connectivity index (χ1n) is 6.10. The van der Waals surface area contributed by atoms with Crippen LogP contribution in [0.4, 0.5) is 0 Å². The summed E-state index contributed by atoms with van der Waals surface area (Å²) in [5.74, 6) is 0.231. The Labute approximate surface area is 100 Å². The maximum absolute atomic E-state index is 11.8. The van der Waals surface area contributed by atoms with E-state index in [2.05, 4.69) is 4.90 Å². The molecule has 96 valence electrons. The van der Waals surface area contributed by atoms with Gasteiger partial charge in [-0.15, -0.1) is 0 Å². The van der Waals surface area contributed by atoms with Crippen molar-refractivity contribution in [2.45, 2.75) is 40.5 Å². The Balaban J connectivity index is 3.74. The van der Waals surface area contributed by atoms with Gasteiger partial charge in [0.25, 0.3) is 0 Å². The molecule has 0 aromatic carbocycles. The maximum atomic E-state index is 11.8. The average Bonchev–Trinajstić information content (AvgIpc) is 2.16. The molecule has 0 fully saturated rings. The molecule has 0 saturated carbocycles. The van der Waals surface area contributed by atoms with Crippen LogP contribution in [0.2, 0.25) is 0 Å². The Bertz CT molecular complexity index is 210. The number of nitrogens with zero attached hydrogens (tertiary/aromatic N) is 1. The summed E-state index contributed by atoms with van der Waals surface area (Å²) in [4.78, 5) is 13.9. The van der Waals surface area contributed by atoms with Crippen LogP contribution in [0.1, 0.15) is 40.5 Å². The molecule has 0 saturated heterocycles. The number of esters is 1. The molecule has 0 heterocycles. The van der Waals surface area contributed by atoms with Gasteiger partial charge in [0.05, 0.1) is 12.0 Å². The summed E-state index contributed by atoms with van der Waals surface area (Å²) in [5.41, 5.74) is -0.373. The first kappa shape index (κ1) is 15.4. The number of hydrogen-bond acceptors (Lipinski definition) is 3. The minimum absolute atomic E-state index is 0.0765. The molecule has 0 N–H and O–H groups in total. The molecule has 0 bridgehead atoms. The predicted molar refractivity (Wildman–Crippen MR) is 67.4 cm³/mol. The minimum Gasteiger partial charge on any atom is -0.465 e. The van der Waals surface area contributed by atoms with Gasteiger partial charge >= 0.3 is 5.97 Å². The van der Waals surface area contributed by atoms with E-state index in [0.717, 1.165) is 19.4 Å². The Morgan fingerprint density at radius 3 is 2.25 bits per heavy atom. The lowest BCUT2D eigenvalue weighted by Crippen LogP contribution is -2.32. The average molecular weight is 229 g/mol. The van der Waals surface area contributed by atoms with Gasteiger partial charge < -0.3 is 9.64 Å². The molecule has 0 unspecified atom stereocenters. The van der Waals surface area contributed by atoms with Crippen molar-refractivity contribution < 1.29 is 9.53 Å². The van der Waals surface area contributed by atoms with Crippen LogP contribution < -0.4 is 0 Å². The van der Waals surface area contributed by atoms with Crippen LogP contribution in [0.3, 0.4) is 0 Å². The number of ether oxygens (including phenoxy) is 1. The van der Waals surface area contributed by atoms with Crippen LogP contribution in [-0.4, -0.2) is 38.1 Å². The summed E-state index contributed by atoms with van der Waals surface area (Å²) in [6.45, 7) is 9.58. The zero-order valence-electron chi connectivity index (χ0n) is 11.7. The van der Waals surface area contributed by atoms with Crippen molar-refractivity contribution in [1.82, 2.24) is 4.90 Å². The van der Waals surface area contributed by atoms with Crippen LogP contribution in [0, 0.1) is 11.3 Å². The summed E-state index contributed by atoms with van der Waals surface area (Å²) in [6, 6.07) is 0. The Kier molecular flexibility index (Phi) is 6.65. The number of carbonyl (C=O) groups excluding carboxylic acids is 1. The van der Waals surface area contributed by atoms with Crippen molar-refractivity contribution in [3.63, 3.8) is 0 Å². The summed E-state index contributed by atoms with van der Waals surface area (Å²) < 4.78 is 5.29. The van der Waals surface area contributed by atoms with Gasteiger partial charge in [0.2, 0.25) is 0 Å². The molecule has 0 aromatic heterocycles. The lowest BCUT2D eigenvalue weighted by Gasteiger charge is -2.26. The second-order valence-corrected chi connectivity index (χ2v) is 5.52. The third-order valence-electron chi connectivity index (χ3n) is 3.20. The molecule has 3 heteroatoms. The zero-order chi connectivity index (χ0) is 12.8. The number of carbonyl (C=O) groups is 1. The van der Waals surface area contributed by atoms with E-state index in [1.54, 1.807) is 0 Å². The summed E-state index contributed by atoms with van der Waals surface area (Å²) >= 11 is 0. The van der Waals surface area contributed by atoms with Gasteiger partial charge in [0.1, 0.15) is 0 Å². The summed E-state index contributed by atoms with van der Waals surface area (Å²) in [7, 11) is 4.10. The molecule has 0 spiro atoms. The predicted octanol–water partition coefficient (Wildman–Crippen LogP) is 2.55. The van der Waals surface area contributed by atoms with Crippen LogP contribution in [0.25, 0.3) is 0 Å². The quantitative estimate of drug-likeness (QED) is 0.496. The number of rotatable bonds is 7. The van der Waals surface area contributed by atoms with Gasteiger partial charge in [-0.3, -0.25) is 4.79 Å². The summed E-state index contributed by atoms with van der Waals surface area (Å²) in [5, 5.41) is 0. The highest BCUT2D eigenvalue weighted by atomic mass is 16.5. The molecule has 0 radical (unpaired) electrons. The van der Waals surface area contributed by atoms with Crippen molar-refractivity contribution in [3.05, 3.63) is 0 Å². The van der Waals surface area contributed by atoms with Gasteiger partial charge in [-0.1, -0.05) is 13.8 Å². The molecule has 0 amide bonds. The van der Waals surface area contributed by atoms with Crippen LogP contribution in [-0.2, 0) is 9.53 Å². The number of unbranched alkanes of at least 4 members (excludes halogenated alkanes) is 1. The Morgan fingerprint density at radius 2 is 1.81 bits per heavy atom. The molecule has 0 rings (SSSR count). The molecular formula is C13H27NO2. The fraction of sp³-hybridized carbons (Fsp3) is 0.923. The molecule has 0 aromatic rings. The molecular weight excluding hydrogens is 202 g/mol. The Morgan fingerprint density at radius 1 is 1.25 bits per heavy atom. The highest BCUT2D eigenvalue weighted by molar-refractivity contribution is 5.76. The molecule has 16 heavy (non-hydrogen) atoms. The minimum atomic E-state index is -0.373. The SMILES string of the molecule is CC(C)C(C)(C)C(=O)OCCCCN(C)C. The monoisotopic (exact) mass is 229 g/mol. The van der Waals surface area contributed by atoms with E-state index in [-0.39, 0.29) is 11.4 Å². The Hall–Kier alpha value is -0.570. The van der Waals surface area contributed by atoms with E-state index >= 15 is 0 Å². The van der Waals surface area contributed by atoms with E-state index in [4.69, 9.17) is 4.74 Å². The lowest BCUT2D eigenvalue weighted by molar-refractivity contribution is -0.156. The lowest BCUT2D eigenvalue weighted by atomic mass is 9.81. The van der Waals surface area contributed by atoms with E-state index in [1.807, 2.05) is 41.8 Å². The summed E-state index contributed by atoms with van der Waals surface area (Å²) in [6.07, 6.45) is 2.01. The van der Waals surface area contributed by atoms with E-state index in [0.29, 0.717) is 12.5 Å². The zero-order valence-corrected chi connectivity index (χ0v) is 11.7. The van der Waals surface area contributed by atoms with Crippen molar-refractivity contribution >= 4 is 5.97 Å². The maximum Gasteiger partial charge on any atom is 0.311 e. The first-order valence-corrected chi connectivity index (χ1v) is 6.10. The van der Waals surface area contributed by atoms with Crippen molar-refractivity contribution in [3.8, 4) is 0 Å². The van der Waals surface area contributed by atoms with Gasteiger partial charge in [0, 0.05) is 0 Å². The topological polar surface area (TPSA) is 29.5 Å². The van der Waals surface area contributed by atoms with E-state index < -0.39 is 0 Å². The van der Waals surface area contributed by atoms with Crippen LogP contribution >= 0.6 is 0 Å². The van der Waals surface area contributed by atoms with Crippen LogP contribution in [0.15, 0.2) is 0 Å². The molecule has 0 atom stereocenters. The van der Waals surface area contributed by atoms with E-state index in [9.17, 15) is 4.79 Å². The van der Waals surface area contributed by atoms with Gasteiger partial charge in [0.15, 0.2) is 0 Å². The second kappa shape index (κ2) is 6.89. The first-order chi connectivity index (χ1) is 7.28. The molecule has 0 aliphatic carbocycles. The standard InChI is InChI=1S/C13H27NO2/c1-11(2)13(3,4)12(15)16-10-8-7-9-14(5)6/h11H,7-10H2,1-6H3. The molecule has 0 aliphatic rings. The van der Waals surface area contributed by atoms with Crippen molar-refractivity contribution in [2.24, 2.45) is 11.3 Å². The second-order valence-electron chi connectivity index (χ2n) is 5.52. The highest BCUT2D eigenvalue weighted by Gasteiger charge is 2.32. The number of hydrogen-bond donors (Lipinski definition) is 0. The molecule has 0 aliphatic heterocycles. The van der Waals surface area contributed by atoms with Gasteiger partial charge in [-0.25, -0.2) is 0 Å². The third-order valence-corrected chi connectivity index (χ3v) is 3.20. The fourth-order valence-electron chi connectivity index (χ4n) is 1.12. The third kappa shape index (κ3) is 5.50. The smallest absolute Gasteiger partial charge is 0.311 e. The van der Waals surface area contributed by atoms with Crippen molar-refractivity contribution in [1.29, 1.82) is 0 Å². The molecule has 3 nitrogen and oxygen atoms in total. The van der Waals surface area contributed by atoms with Gasteiger partial charge in [-0.2, -0.15) is 0 Å².